The van der Waals surface area contributed by atoms with E-state index in [9.17, 15) is 13.2 Å². The number of nitrogens with one attached hydrogen (secondary N) is 2. The van der Waals surface area contributed by atoms with Crippen molar-refractivity contribution < 1.29 is 17.7 Å². The summed E-state index contributed by atoms with van der Waals surface area (Å²) in [6, 6.07) is 2.30. The number of carbonyl (C=O) groups is 1. The number of hydrogen-bond donors (Lipinski definition) is 2. The van der Waals surface area contributed by atoms with Crippen molar-refractivity contribution in [1.82, 2.24) is 25.0 Å². The molecule has 2 bridgehead atoms. The SMILES string of the molecule is O=C(N[C@H]1C[C@H]2CC[C@@H](C1)C2CS(=O)(=O)N1CCC(NCCN2CCCC2)CC1)c1cc(C2CC2)on1. The molecule has 5 fully saturated rings. The molecule has 6 rings (SSSR count). The molecule has 0 aromatic carbocycles. The Hall–Kier alpha value is -1.49. The smallest absolute Gasteiger partial charge is 0.273 e. The van der Waals surface area contributed by atoms with Crippen LogP contribution < -0.4 is 10.6 Å². The number of carbonyl (C=O) groups excluding carboxylic acids is 1. The fraction of sp³-hybridized carbons (Fsp3) is 0.852. The zero-order chi connectivity index (χ0) is 25.4. The minimum absolute atomic E-state index is 0.0902. The monoisotopic (exact) mass is 533 g/mol. The van der Waals surface area contributed by atoms with Crippen molar-refractivity contribution >= 4 is 15.9 Å². The van der Waals surface area contributed by atoms with E-state index in [1.54, 1.807) is 10.4 Å². The lowest BCUT2D eigenvalue weighted by Gasteiger charge is -2.37. The second-order valence-electron chi connectivity index (χ2n) is 12.2. The van der Waals surface area contributed by atoms with Crippen molar-refractivity contribution in [2.45, 2.75) is 82.2 Å². The predicted molar refractivity (Wildman–Crippen MR) is 141 cm³/mol. The second kappa shape index (κ2) is 10.9. The third kappa shape index (κ3) is 6.07. The Balaban J connectivity index is 0.956. The maximum Gasteiger partial charge on any atom is 0.273 e. The molecule has 4 atom stereocenters. The van der Waals surface area contributed by atoms with Crippen molar-refractivity contribution in [1.29, 1.82) is 0 Å². The van der Waals surface area contributed by atoms with Gasteiger partial charge in [-0.1, -0.05) is 5.16 Å². The van der Waals surface area contributed by atoms with Crippen LogP contribution in [0.3, 0.4) is 0 Å². The largest absolute Gasteiger partial charge is 0.360 e. The lowest BCUT2D eigenvalue weighted by Crippen LogP contribution is -2.49. The van der Waals surface area contributed by atoms with Crippen LogP contribution in [0.15, 0.2) is 10.6 Å². The van der Waals surface area contributed by atoms with E-state index in [0.29, 0.717) is 42.6 Å². The molecule has 10 heteroatoms. The number of sulfonamides is 1. The summed E-state index contributed by atoms with van der Waals surface area (Å²) in [6.07, 6.45) is 10.5. The minimum atomic E-state index is -3.26. The topological polar surface area (TPSA) is 108 Å². The van der Waals surface area contributed by atoms with E-state index in [1.807, 2.05) is 0 Å². The highest BCUT2D eigenvalue weighted by Gasteiger charge is 2.46. The second-order valence-corrected chi connectivity index (χ2v) is 14.3. The number of fused-ring (bicyclic) bond motifs is 2. The summed E-state index contributed by atoms with van der Waals surface area (Å²) in [5, 5.41) is 10.8. The lowest BCUT2D eigenvalue weighted by molar-refractivity contribution is 0.0893. The summed E-state index contributed by atoms with van der Waals surface area (Å²) >= 11 is 0. The van der Waals surface area contributed by atoms with Crippen molar-refractivity contribution in [3.8, 4) is 0 Å². The lowest BCUT2D eigenvalue weighted by atomic mass is 9.77. The van der Waals surface area contributed by atoms with Gasteiger partial charge < -0.3 is 20.1 Å². The zero-order valence-corrected chi connectivity index (χ0v) is 22.8. The molecular formula is C27H43N5O4S. The molecule has 3 heterocycles. The van der Waals surface area contributed by atoms with Gasteiger partial charge in [-0.3, -0.25) is 4.79 Å². The van der Waals surface area contributed by atoms with Gasteiger partial charge in [0, 0.05) is 50.2 Å². The van der Waals surface area contributed by atoms with Crippen LogP contribution in [0.2, 0.25) is 0 Å². The van der Waals surface area contributed by atoms with Gasteiger partial charge >= 0.3 is 0 Å². The predicted octanol–water partition coefficient (Wildman–Crippen LogP) is 2.57. The molecule has 37 heavy (non-hydrogen) atoms. The van der Waals surface area contributed by atoms with E-state index in [4.69, 9.17) is 4.52 Å². The van der Waals surface area contributed by atoms with Gasteiger partial charge in [-0.05, 0) is 95.1 Å². The molecule has 3 saturated carbocycles. The highest BCUT2D eigenvalue weighted by atomic mass is 32.2. The summed E-state index contributed by atoms with van der Waals surface area (Å²) in [5.74, 6) is 2.30. The molecule has 1 aromatic heterocycles. The quantitative estimate of drug-likeness (QED) is 0.476. The summed E-state index contributed by atoms with van der Waals surface area (Å²) in [5.41, 5.74) is 0.368. The van der Waals surface area contributed by atoms with Crippen LogP contribution in [0.4, 0.5) is 0 Å². The van der Waals surface area contributed by atoms with Crippen molar-refractivity contribution in [3.05, 3.63) is 17.5 Å². The zero-order valence-electron chi connectivity index (χ0n) is 21.9. The molecule has 0 radical (unpaired) electrons. The van der Waals surface area contributed by atoms with E-state index < -0.39 is 10.0 Å². The molecule has 5 aliphatic rings. The average Bonchev–Trinajstić information content (AvgIpc) is 3.27. The molecule has 206 valence electrons. The fourth-order valence-electron chi connectivity index (χ4n) is 7.38. The highest BCUT2D eigenvalue weighted by molar-refractivity contribution is 7.89. The van der Waals surface area contributed by atoms with E-state index in [0.717, 1.165) is 70.2 Å². The van der Waals surface area contributed by atoms with Gasteiger partial charge in [-0.2, -0.15) is 0 Å². The van der Waals surface area contributed by atoms with Crippen molar-refractivity contribution in [2.24, 2.45) is 17.8 Å². The van der Waals surface area contributed by atoms with Crippen molar-refractivity contribution in [2.75, 3.05) is 45.0 Å². The van der Waals surface area contributed by atoms with Crippen LogP contribution >= 0.6 is 0 Å². The van der Waals surface area contributed by atoms with Crippen LogP contribution in [0.1, 0.15) is 86.4 Å². The maximum atomic E-state index is 13.4. The number of likely N-dealkylation sites (tertiary alicyclic amines) is 1. The molecular weight excluding hydrogens is 490 g/mol. The van der Waals surface area contributed by atoms with Gasteiger partial charge in [-0.25, -0.2) is 12.7 Å². The van der Waals surface area contributed by atoms with E-state index in [2.05, 4.69) is 20.7 Å². The molecule has 1 amide bonds. The number of nitrogens with zero attached hydrogens (tertiary/aromatic N) is 3. The Morgan fingerprint density at radius 2 is 1.68 bits per heavy atom. The van der Waals surface area contributed by atoms with Crippen LogP contribution in [0.5, 0.6) is 0 Å². The Bertz CT molecular complexity index is 1030. The van der Waals surface area contributed by atoms with E-state index >= 15 is 0 Å². The number of rotatable bonds is 10. The van der Waals surface area contributed by atoms with Gasteiger partial charge in [0.25, 0.3) is 5.91 Å². The molecule has 9 nitrogen and oxygen atoms in total. The third-order valence-electron chi connectivity index (χ3n) is 9.68. The van der Waals surface area contributed by atoms with Crippen LogP contribution in [-0.4, -0.2) is 85.8 Å². The van der Waals surface area contributed by atoms with Crippen LogP contribution in [0.25, 0.3) is 0 Å². The molecule has 2 aliphatic heterocycles. The first-order chi connectivity index (χ1) is 17.9. The fourth-order valence-corrected chi connectivity index (χ4v) is 9.39. The summed E-state index contributed by atoms with van der Waals surface area (Å²) in [6.45, 7) is 5.80. The van der Waals surface area contributed by atoms with Gasteiger partial charge in [0.05, 0.1) is 5.75 Å². The summed E-state index contributed by atoms with van der Waals surface area (Å²) in [4.78, 5) is 15.2. The first-order valence-corrected chi connectivity index (χ1v) is 16.3. The number of hydrogen-bond acceptors (Lipinski definition) is 7. The van der Waals surface area contributed by atoms with Crippen LogP contribution in [0, 0.1) is 17.8 Å². The van der Waals surface area contributed by atoms with Gasteiger partial charge in [0.1, 0.15) is 5.76 Å². The average molecular weight is 534 g/mol. The number of amides is 1. The Kier molecular flexibility index (Phi) is 7.62. The maximum absolute atomic E-state index is 13.4. The van der Waals surface area contributed by atoms with Crippen molar-refractivity contribution in [3.63, 3.8) is 0 Å². The van der Waals surface area contributed by atoms with Gasteiger partial charge in [0.15, 0.2) is 5.69 Å². The Labute approximate surface area is 221 Å². The summed E-state index contributed by atoms with van der Waals surface area (Å²) < 4.78 is 33.9. The normalized spacial score (nSPS) is 31.7. The molecule has 2 N–H and O–H groups in total. The Morgan fingerprint density at radius 1 is 0.973 bits per heavy atom. The highest BCUT2D eigenvalue weighted by Crippen LogP contribution is 2.48. The van der Waals surface area contributed by atoms with Crippen LogP contribution in [-0.2, 0) is 10.0 Å². The standard InChI is InChI=1S/C27H43N5O4S/c33-27(25-17-26(36-30-25)19-3-4-19)29-23-15-20-5-6-21(16-23)24(20)18-37(34,35)32-12-7-22(8-13-32)28-9-14-31-10-1-2-11-31/h17,19-24,28H,1-16,18H2,(H,29,33)/t20-,21+,23+,24?. The first-order valence-electron chi connectivity index (χ1n) is 14.7. The first kappa shape index (κ1) is 25.8. The molecule has 1 aromatic rings. The number of piperidine rings is 1. The molecule has 2 saturated heterocycles. The summed E-state index contributed by atoms with van der Waals surface area (Å²) in [7, 11) is -3.26. The van der Waals surface area contributed by atoms with E-state index in [1.165, 1.54) is 25.9 Å². The Morgan fingerprint density at radius 3 is 2.35 bits per heavy atom. The minimum Gasteiger partial charge on any atom is -0.360 e. The van der Waals surface area contributed by atoms with E-state index in [-0.39, 0.29) is 23.6 Å². The molecule has 1 unspecified atom stereocenters. The van der Waals surface area contributed by atoms with Gasteiger partial charge in [-0.15, -0.1) is 0 Å². The van der Waals surface area contributed by atoms with Gasteiger partial charge in [0.2, 0.25) is 10.0 Å². The molecule has 3 aliphatic carbocycles. The number of aromatic nitrogens is 1. The molecule has 0 spiro atoms. The third-order valence-corrected chi connectivity index (χ3v) is 11.6.